The second-order valence-corrected chi connectivity index (χ2v) is 9.90. The topological polar surface area (TPSA) is 77.2 Å². The SMILES string of the molecule is O=C(CSc1oc(-c2ccccc2)nc1S(=O)(=O)c1ccc(F)cc1)c1ccc(Cl)cc1. The molecule has 0 amide bonds. The molecule has 0 bridgehead atoms. The van der Waals surface area contributed by atoms with Crippen LogP contribution in [0.5, 0.6) is 0 Å². The van der Waals surface area contributed by atoms with Crippen molar-refractivity contribution < 1.29 is 22.0 Å². The van der Waals surface area contributed by atoms with Crippen molar-refractivity contribution in [2.24, 2.45) is 0 Å². The van der Waals surface area contributed by atoms with Crippen LogP contribution in [0.2, 0.25) is 5.02 Å². The van der Waals surface area contributed by atoms with E-state index in [1.54, 1.807) is 48.5 Å². The summed E-state index contributed by atoms with van der Waals surface area (Å²) in [7, 11) is -4.11. The maximum Gasteiger partial charge on any atom is 0.228 e. The molecule has 32 heavy (non-hydrogen) atoms. The summed E-state index contributed by atoms with van der Waals surface area (Å²) >= 11 is 6.79. The third-order valence-corrected chi connectivity index (χ3v) is 7.47. The van der Waals surface area contributed by atoms with E-state index >= 15 is 0 Å². The van der Waals surface area contributed by atoms with E-state index in [1.807, 2.05) is 6.07 Å². The van der Waals surface area contributed by atoms with Gasteiger partial charge in [-0.25, -0.2) is 12.8 Å². The summed E-state index contributed by atoms with van der Waals surface area (Å²) in [5.74, 6) is -0.754. The predicted octanol–water partition coefficient (Wildman–Crippen LogP) is 5.94. The Balaban J connectivity index is 1.70. The zero-order chi connectivity index (χ0) is 22.7. The molecule has 1 aromatic heterocycles. The number of hydrogen-bond acceptors (Lipinski definition) is 6. The normalized spacial score (nSPS) is 11.4. The van der Waals surface area contributed by atoms with E-state index in [4.69, 9.17) is 16.0 Å². The molecule has 162 valence electrons. The van der Waals surface area contributed by atoms with Crippen LogP contribution < -0.4 is 0 Å². The molecule has 0 aliphatic rings. The van der Waals surface area contributed by atoms with Gasteiger partial charge in [0.2, 0.25) is 25.8 Å². The van der Waals surface area contributed by atoms with E-state index in [0.29, 0.717) is 16.1 Å². The van der Waals surface area contributed by atoms with Gasteiger partial charge in [0.05, 0.1) is 10.6 Å². The molecule has 9 heteroatoms. The highest BCUT2D eigenvalue weighted by Crippen LogP contribution is 2.35. The number of carbonyl (C=O) groups excluding carboxylic acids is 1. The molecular weight excluding hydrogens is 473 g/mol. The van der Waals surface area contributed by atoms with Crippen molar-refractivity contribution in [2.45, 2.75) is 15.0 Å². The van der Waals surface area contributed by atoms with Crippen LogP contribution in [0.15, 0.2) is 98.3 Å². The van der Waals surface area contributed by atoms with E-state index in [0.717, 1.165) is 36.0 Å². The Morgan fingerprint density at radius 1 is 0.969 bits per heavy atom. The summed E-state index contributed by atoms with van der Waals surface area (Å²) in [6.45, 7) is 0. The van der Waals surface area contributed by atoms with Crippen molar-refractivity contribution in [2.75, 3.05) is 5.75 Å². The molecule has 0 aliphatic heterocycles. The van der Waals surface area contributed by atoms with Crippen LogP contribution in [0.1, 0.15) is 10.4 Å². The highest BCUT2D eigenvalue weighted by atomic mass is 35.5. The molecule has 0 radical (unpaired) electrons. The van der Waals surface area contributed by atoms with Gasteiger partial charge in [0, 0.05) is 16.1 Å². The summed E-state index contributed by atoms with van der Waals surface area (Å²) < 4.78 is 45.5. The third kappa shape index (κ3) is 4.77. The number of nitrogens with zero attached hydrogens (tertiary/aromatic N) is 1. The van der Waals surface area contributed by atoms with Gasteiger partial charge in [-0.05, 0) is 60.7 Å². The first-order valence-corrected chi connectivity index (χ1v) is 12.2. The van der Waals surface area contributed by atoms with Gasteiger partial charge in [-0.1, -0.05) is 41.6 Å². The fraction of sp³-hybridized carbons (Fsp3) is 0.0435. The summed E-state index contributed by atoms with van der Waals surface area (Å²) in [4.78, 5) is 16.6. The fourth-order valence-electron chi connectivity index (χ4n) is 2.83. The van der Waals surface area contributed by atoms with Crippen molar-refractivity contribution in [3.63, 3.8) is 0 Å². The number of rotatable bonds is 7. The monoisotopic (exact) mass is 487 g/mol. The van der Waals surface area contributed by atoms with Crippen LogP contribution in [0.4, 0.5) is 4.39 Å². The molecule has 0 N–H and O–H groups in total. The summed E-state index contributed by atoms with van der Waals surface area (Å²) in [5.41, 5.74) is 1.02. The minimum Gasteiger partial charge on any atom is -0.428 e. The Hall–Kier alpha value is -2.94. The summed E-state index contributed by atoms with van der Waals surface area (Å²) in [6, 6.07) is 19.6. The van der Waals surface area contributed by atoms with Crippen LogP contribution in [-0.2, 0) is 9.84 Å². The molecule has 0 fully saturated rings. The van der Waals surface area contributed by atoms with Crippen LogP contribution in [0, 0.1) is 5.82 Å². The number of carbonyl (C=O) groups is 1. The first kappa shape index (κ1) is 22.3. The van der Waals surface area contributed by atoms with E-state index in [9.17, 15) is 17.6 Å². The van der Waals surface area contributed by atoms with Gasteiger partial charge < -0.3 is 4.42 Å². The van der Waals surface area contributed by atoms with E-state index in [1.165, 1.54) is 0 Å². The Morgan fingerprint density at radius 2 is 1.62 bits per heavy atom. The quantitative estimate of drug-likeness (QED) is 0.182. The number of oxazole rings is 1. The van der Waals surface area contributed by atoms with Crippen LogP contribution in [0.3, 0.4) is 0 Å². The Bertz CT molecular complexity index is 1350. The number of Topliss-reactive ketones (excluding diaryl/α,β-unsaturated/α-hetero) is 1. The summed E-state index contributed by atoms with van der Waals surface area (Å²) in [6.07, 6.45) is 0. The highest BCUT2D eigenvalue weighted by molar-refractivity contribution is 8.00. The van der Waals surface area contributed by atoms with Gasteiger partial charge in [-0.2, -0.15) is 4.98 Å². The number of halogens is 2. The molecular formula is C23H15ClFNO4S2. The average Bonchev–Trinajstić information content (AvgIpc) is 3.24. The lowest BCUT2D eigenvalue weighted by Crippen LogP contribution is -2.06. The Labute approximate surface area is 193 Å². The van der Waals surface area contributed by atoms with E-state index < -0.39 is 15.7 Å². The second-order valence-electron chi connectivity index (χ2n) is 6.65. The molecule has 0 spiro atoms. The van der Waals surface area contributed by atoms with Crippen molar-refractivity contribution in [1.29, 1.82) is 0 Å². The highest BCUT2D eigenvalue weighted by Gasteiger charge is 2.29. The van der Waals surface area contributed by atoms with Crippen molar-refractivity contribution in [1.82, 2.24) is 4.98 Å². The van der Waals surface area contributed by atoms with Crippen molar-refractivity contribution in [3.05, 3.63) is 95.3 Å². The van der Waals surface area contributed by atoms with Crippen molar-refractivity contribution >= 4 is 39.0 Å². The number of ketones is 1. The molecule has 4 aromatic rings. The lowest BCUT2D eigenvalue weighted by Gasteiger charge is -2.04. The van der Waals surface area contributed by atoms with Gasteiger partial charge in [0.15, 0.2) is 5.78 Å². The van der Waals surface area contributed by atoms with Gasteiger partial charge in [0.25, 0.3) is 0 Å². The molecule has 1 heterocycles. The minimum absolute atomic E-state index is 0.0181. The predicted molar refractivity (Wildman–Crippen MR) is 120 cm³/mol. The molecule has 0 unspecified atom stereocenters. The molecule has 4 rings (SSSR count). The Kier molecular flexibility index (Phi) is 6.45. The van der Waals surface area contributed by atoms with Crippen molar-refractivity contribution in [3.8, 4) is 11.5 Å². The average molecular weight is 488 g/mol. The van der Waals surface area contributed by atoms with Crippen LogP contribution >= 0.6 is 23.4 Å². The first-order valence-electron chi connectivity index (χ1n) is 9.33. The lowest BCUT2D eigenvalue weighted by atomic mass is 10.1. The van der Waals surface area contributed by atoms with E-state index in [-0.39, 0.29) is 32.4 Å². The van der Waals surface area contributed by atoms with Gasteiger partial charge in [0.1, 0.15) is 5.82 Å². The third-order valence-electron chi connectivity index (χ3n) is 4.47. The minimum atomic E-state index is -4.11. The number of aromatic nitrogens is 1. The molecule has 5 nitrogen and oxygen atoms in total. The zero-order valence-electron chi connectivity index (χ0n) is 16.4. The number of thioether (sulfide) groups is 1. The lowest BCUT2D eigenvalue weighted by molar-refractivity contribution is 0.102. The summed E-state index contributed by atoms with van der Waals surface area (Å²) in [5, 5.41) is 0.164. The van der Waals surface area contributed by atoms with Crippen LogP contribution in [0.25, 0.3) is 11.5 Å². The van der Waals surface area contributed by atoms with Gasteiger partial charge in [-0.15, -0.1) is 0 Å². The molecule has 3 aromatic carbocycles. The standard InChI is InChI=1S/C23H15ClFNO4S2/c24-17-8-6-15(7-9-17)20(27)14-31-23-22(26-21(30-23)16-4-2-1-3-5-16)32(28,29)19-12-10-18(25)11-13-19/h1-13H,14H2. The van der Waals surface area contributed by atoms with E-state index in [2.05, 4.69) is 4.98 Å². The first-order chi connectivity index (χ1) is 15.3. The second kappa shape index (κ2) is 9.28. The maximum absolute atomic E-state index is 13.3. The molecule has 0 saturated carbocycles. The Morgan fingerprint density at radius 3 is 2.28 bits per heavy atom. The smallest absolute Gasteiger partial charge is 0.228 e. The largest absolute Gasteiger partial charge is 0.428 e. The number of hydrogen-bond donors (Lipinski definition) is 0. The van der Waals surface area contributed by atoms with Crippen LogP contribution in [-0.4, -0.2) is 24.9 Å². The van der Waals surface area contributed by atoms with Gasteiger partial charge in [-0.3, -0.25) is 4.79 Å². The molecule has 0 saturated heterocycles. The molecule has 0 atom stereocenters. The molecule has 0 aliphatic carbocycles. The maximum atomic E-state index is 13.3. The van der Waals surface area contributed by atoms with Gasteiger partial charge >= 0.3 is 0 Å². The number of benzene rings is 3. The zero-order valence-corrected chi connectivity index (χ0v) is 18.8. The fourth-order valence-corrected chi connectivity index (χ4v) is 5.38. The number of sulfone groups is 1.